The van der Waals surface area contributed by atoms with Gasteiger partial charge >= 0.3 is 0 Å². The van der Waals surface area contributed by atoms with Crippen LogP contribution >= 0.6 is 11.3 Å². The summed E-state index contributed by atoms with van der Waals surface area (Å²) in [5.41, 5.74) is 0.807. The van der Waals surface area contributed by atoms with Crippen LogP contribution in [0.4, 0.5) is 4.39 Å². The highest BCUT2D eigenvalue weighted by molar-refractivity contribution is 7.11. The maximum atomic E-state index is 13.9. The number of aryl methyl sites for hydroxylation is 1. The molecule has 2 rings (SSSR count). The van der Waals surface area contributed by atoms with Gasteiger partial charge in [-0.1, -0.05) is 25.1 Å². The molecule has 0 aliphatic heterocycles. The van der Waals surface area contributed by atoms with Crippen LogP contribution in [-0.2, 0) is 12.8 Å². The largest absolute Gasteiger partial charge is 0.316 e. The smallest absolute Gasteiger partial charge is 0.126 e. The maximum absolute atomic E-state index is 13.9. The first-order valence-electron chi connectivity index (χ1n) is 7.54. The molecule has 0 saturated heterocycles. The Morgan fingerprint density at radius 3 is 2.76 bits per heavy atom. The number of benzene rings is 1. The van der Waals surface area contributed by atoms with E-state index in [-0.39, 0.29) is 5.82 Å². The number of hydrogen-bond acceptors (Lipinski definition) is 3. The molecule has 0 aliphatic rings. The molecule has 0 spiro atoms. The molecule has 1 aromatic heterocycles. The van der Waals surface area contributed by atoms with Gasteiger partial charge in [0.2, 0.25) is 0 Å². The van der Waals surface area contributed by atoms with Crippen molar-refractivity contribution in [1.29, 1.82) is 0 Å². The number of hydrogen-bond donors (Lipinski definition) is 1. The molecule has 2 nitrogen and oxygen atoms in total. The van der Waals surface area contributed by atoms with Gasteiger partial charge in [-0.25, -0.2) is 9.37 Å². The van der Waals surface area contributed by atoms with E-state index in [2.05, 4.69) is 17.2 Å². The van der Waals surface area contributed by atoms with Crippen LogP contribution in [0.15, 0.2) is 30.5 Å². The number of nitrogens with zero attached hydrogens (tertiary/aromatic N) is 1. The second kappa shape index (κ2) is 8.25. The molecule has 4 heteroatoms. The highest BCUT2D eigenvalue weighted by Crippen LogP contribution is 2.20. The van der Waals surface area contributed by atoms with E-state index in [1.54, 1.807) is 23.5 Å². The number of thiazole rings is 1. The third-order valence-corrected chi connectivity index (χ3v) is 4.42. The van der Waals surface area contributed by atoms with Gasteiger partial charge < -0.3 is 5.32 Å². The van der Waals surface area contributed by atoms with Crippen LogP contribution in [0.3, 0.4) is 0 Å². The molecule has 1 N–H and O–H groups in total. The Balaban J connectivity index is 2.02. The molecule has 1 unspecified atom stereocenters. The lowest BCUT2D eigenvalue weighted by atomic mass is 9.95. The Kier molecular flexibility index (Phi) is 6.33. The van der Waals surface area contributed by atoms with Crippen molar-refractivity contribution in [3.05, 3.63) is 51.7 Å². The molecule has 0 aliphatic carbocycles. The van der Waals surface area contributed by atoms with E-state index in [9.17, 15) is 4.39 Å². The summed E-state index contributed by atoms with van der Waals surface area (Å²) in [6.45, 7) is 6.11. The Labute approximate surface area is 130 Å². The minimum Gasteiger partial charge on any atom is -0.316 e. The first kappa shape index (κ1) is 16.1. The summed E-state index contributed by atoms with van der Waals surface area (Å²) in [5, 5.41) is 4.56. The van der Waals surface area contributed by atoms with Gasteiger partial charge in [0.15, 0.2) is 0 Å². The maximum Gasteiger partial charge on any atom is 0.126 e. The predicted octanol–water partition coefficient (Wildman–Crippen LogP) is 3.99. The molecule has 0 saturated carbocycles. The van der Waals surface area contributed by atoms with Gasteiger partial charge in [-0.15, -0.1) is 11.3 Å². The summed E-state index contributed by atoms with van der Waals surface area (Å²) < 4.78 is 13.9. The quantitative estimate of drug-likeness (QED) is 0.746. The monoisotopic (exact) mass is 306 g/mol. The average molecular weight is 306 g/mol. The van der Waals surface area contributed by atoms with Gasteiger partial charge in [0.05, 0.1) is 5.01 Å². The minimum atomic E-state index is -0.0986. The summed E-state index contributed by atoms with van der Waals surface area (Å²) >= 11 is 1.74. The molecule has 21 heavy (non-hydrogen) atoms. The van der Waals surface area contributed by atoms with Gasteiger partial charge in [0.25, 0.3) is 0 Å². The van der Waals surface area contributed by atoms with Gasteiger partial charge in [-0.05, 0) is 56.8 Å². The van der Waals surface area contributed by atoms with Crippen molar-refractivity contribution in [3.63, 3.8) is 0 Å². The second-order valence-corrected chi connectivity index (χ2v) is 6.73. The lowest BCUT2D eigenvalue weighted by Gasteiger charge is -2.17. The van der Waals surface area contributed by atoms with E-state index in [1.807, 2.05) is 25.3 Å². The van der Waals surface area contributed by atoms with E-state index in [0.717, 1.165) is 42.9 Å². The Bertz CT molecular complexity index is 553. The molecule has 1 heterocycles. The van der Waals surface area contributed by atoms with Crippen molar-refractivity contribution >= 4 is 11.3 Å². The fraction of sp³-hybridized carbons (Fsp3) is 0.471. The van der Waals surface area contributed by atoms with Crippen molar-refractivity contribution in [2.45, 2.75) is 33.1 Å². The average Bonchev–Trinajstić information content (AvgIpc) is 2.87. The zero-order valence-corrected chi connectivity index (χ0v) is 13.5. The molecular formula is C17H23FN2S. The van der Waals surface area contributed by atoms with E-state index in [1.165, 1.54) is 4.88 Å². The Morgan fingerprint density at radius 1 is 1.29 bits per heavy atom. The Morgan fingerprint density at radius 2 is 2.10 bits per heavy atom. The van der Waals surface area contributed by atoms with E-state index in [0.29, 0.717) is 5.92 Å². The number of aromatic nitrogens is 1. The summed E-state index contributed by atoms with van der Waals surface area (Å²) in [6.07, 6.45) is 4.79. The van der Waals surface area contributed by atoms with Crippen molar-refractivity contribution in [1.82, 2.24) is 10.3 Å². The van der Waals surface area contributed by atoms with E-state index < -0.39 is 0 Å². The standard InChI is InChI=1S/C17H23FN2S/c1-3-8-19-11-14(10-16-12-20-13(2)21-16)9-15-6-4-5-7-17(15)18/h4-7,12,14,19H,3,8-11H2,1-2H3. The van der Waals surface area contributed by atoms with Gasteiger partial charge in [0, 0.05) is 11.1 Å². The first-order chi connectivity index (χ1) is 10.2. The number of halogens is 1. The fourth-order valence-corrected chi connectivity index (χ4v) is 3.37. The molecule has 1 atom stereocenters. The van der Waals surface area contributed by atoms with Crippen molar-refractivity contribution in [2.24, 2.45) is 5.92 Å². The number of nitrogens with one attached hydrogen (secondary N) is 1. The van der Waals surface area contributed by atoms with Crippen molar-refractivity contribution < 1.29 is 4.39 Å². The van der Waals surface area contributed by atoms with E-state index >= 15 is 0 Å². The first-order valence-corrected chi connectivity index (χ1v) is 8.36. The molecule has 0 fully saturated rings. The molecule has 0 bridgehead atoms. The SMILES string of the molecule is CCCNCC(Cc1cnc(C)s1)Cc1ccccc1F. The van der Waals surface area contributed by atoms with Crippen LogP contribution in [-0.4, -0.2) is 18.1 Å². The Hall–Kier alpha value is -1.26. The molecular weight excluding hydrogens is 283 g/mol. The highest BCUT2D eigenvalue weighted by Gasteiger charge is 2.14. The minimum absolute atomic E-state index is 0.0986. The van der Waals surface area contributed by atoms with Gasteiger partial charge in [0.1, 0.15) is 5.82 Å². The van der Waals surface area contributed by atoms with Crippen molar-refractivity contribution in [3.8, 4) is 0 Å². The third kappa shape index (κ3) is 5.21. The van der Waals surface area contributed by atoms with Crippen molar-refractivity contribution in [2.75, 3.05) is 13.1 Å². The summed E-state index contributed by atoms with van der Waals surface area (Å²) in [5.74, 6) is 0.298. The van der Waals surface area contributed by atoms with Crippen LogP contribution in [0.2, 0.25) is 0 Å². The van der Waals surface area contributed by atoms with Crippen LogP contribution in [0, 0.1) is 18.7 Å². The normalized spacial score (nSPS) is 12.5. The molecule has 2 aromatic rings. The molecule has 114 valence electrons. The predicted molar refractivity (Wildman–Crippen MR) is 87.3 cm³/mol. The molecule has 0 amide bonds. The third-order valence-electron chi connectivity index (χ3n) is 3.49. The zero-order chi connectivity index (χ0) is 15.1. The summed E-state index contributed by atoms with van der Waals surface area (Å²) in [4.78, 5) is 5.60. The number of rotatable bonds is 8. The zero-order valence-electron chi connectivity index (χ0n) is 12.7. The van der Waals surface area contributed by atoms with Crippen LogP contribution in [0.5, 0.6) is 0 Å². The van der Waals surface area contributed by atoms with Gasteiger partial charge in [-0.3, -0.25) is 0 Å². The topological polar surface area (TPSA) is 24.9 Å². The fourth-order valence-electron chi connectivity index (χ4n) is 2.46. The van der Waals surface area contributed by atoms with Crippen LogP contribution < -0.4 is 5.32 Å². The highest BCUT2D eigenvalue weighted by atomic mass is 32.1. The summed E-state index contributed by atoms with van der Waals surface area (Å²) in [6, 6.07) is 7.09. The van der Waals surface area contributed by atoms with E-state index in [4.69, 9.17) is 0 Å². The van der Waals surface area contributed by atoms with Crippen LogP contribution in [0.1, 0.15) is 28.8 Å². The van der Waals surface area contributed by atoms with Gasteiger partial charge in [-0.2, -0.15) is 0 Å². The molecule has 0 radical (unpaired) electrons. The lowest BCUT2D eigenvalue weighted by Crippen LogP contribution is -2.26. The van der Waals surface area contributed by atoms with Crippen LogP contribution in [0.25, 0.3) is 0 Å². The lowest BCUT2D eigenvalue weighted by molar-refractivity contribution is 0.463. The second-order valence-electron chi connectivity index (χ2n) is 5.42. The summed E-state index contributed by atoms with van der Waals surface area (Å²) in [7, 11) is 0. The molecule has 1 aromatic carbocycles.